The van der Waals surface area contributed by atoms with Crippen molar-refractivity contribution in [1.29, 1.82) is 0 Å². The summed E-state index contributed by atoms with van der Waals surface area (Å²) in [7, 11) is 1.53. The molecule has 0 spiro atoms. The molecule has 110 valence electrons. The third kappa shape index (κ3) is 3.03. The first-order valence-electron chi connectivity index (χ1n) is 6.69. The number of nitrogens with one attached hydrogen (secondary N) is 1. The Bertz CT molecular complexity index is 515. The second kappa shape index (κ2) is 6.39. The smallest absolute Gasteiger partial charge is 0.323 e. The highest BCUT2D eigenvalue weighted by atomic mass is 79.9. The topological polar surface area (TPSA) is 77.2 Å². The highest BCUT2D eigenvalue weighted by molar-refractivity contribution is 9.09. The van der Waals surface area contributed by atoms with Gasteiger partial charge in [-0.1, -0.05) is 22.4 Å². The van der Waals surface area contributed by atoms with Gasteiger partial charge in [0.1, 0.15) is 0 Å². The van der Waals surface area contributed by atoms with Gasteiger partial charge in [-0.25, -0.2) is 4.57 Å². The molecule has 1 heterocycles. The van der Waals surface area contributed by atoms with Gasteiger partial charge in [0.25, 0.3) is 5.91 Å². The van der Waals surface area contributed by atoms with Crippen LogP contribution in [0.1, 0.15) is 29.8 Å². The number of aromatic nitrogens is 1. The molecule has 1 amide bonds. The van der Waals surface area contributed by atoms with Crippen LogP contribution in [-0.4, -0.2) is 27.3 Å². The van der Waals surface area contributed by atoms with Crippen LogP contribution in [0.5, 0.6) is 0 Å². The summed E-state index contributed by atoms with van der Waals surface area (Å²) in [4.78, 5) is 22.3. The van der Waals surface area contributed by atoms with E-state index in [1.165, 1.54) is 36.6 Å². The lowest BCUT2D eigenvalue weighted by Gasteiger charge is -2.17. The number of amides is 1. The fraction of sp³-hybridized carbons (Fsp3) is 0.615. The molecular weight excluding hydrogens is 326 g/mol. The van der Waals surface area contributed by atoms with Crippen molar-refractivity contribution in [3.05, 3.63) is 27.9 Å². The van der Waals surface area contributed by atoms with Crippen LogP contribution in [0.25, 0.3) is 0 Å². The van der Waals surface area contributed by atoms with Crippen LogP contribution in [0, 0.1) is 22.0 Å². The first-order chi connectivity index (χ1) is 9.54. The number of carbonyl (C=O) groups is 1. The maximum Gasteiger partial charge on any atom is 0.323 e. The number of rotatable bonds is 5. The minimum absolute atomic E-state index is 0.0747. The van der Waals surface area contributed by atoms with Crippen LogP contribution in [0.3, 0.4) is 0 Å². The SMILES string of the molecule is Cn1c(C(=O)NCC2CCCC2CBr)ccc1[N+](=O)[O-]. The molecule has 0 bridgehead atoms. The zero-order valence-corrected chi connectivity index (χ0v) is 12.9. The standard InChI is InChI=1S/C13H18BrN3O3/c1-16-11(5-6-12(16)17(19)20)13(18)15-8-10-4-2-3-9(10)7-14/h5-6,9-10H,2-4,7-8H2,1H3,(H,15,18). The lowest BCUT2D eigenvalue weighted by Crippen LogP contribution is -2.32. The minimum Gasteiger partial charge on any atom is -0.358 e. The van der Waals surface area contributed by atoms with Gasteiger partial charge in [0.05, 0.1) is 7.05 Å². The lowest BCUT2D eigenvalue weighted by atomic mass is 9.98. The molecular formula is C13H18BrN3O3. The molecule has 2 unspecified atom stereocenters. The minimum atomic E-state index is -0.491. The molecule has 1 fully saturated rings. The number of halogens is 1. The Kier molecular flexibility index (Phi) is 4.80. The van der Waals surface area contributed by atoms with E-state index in [0.29, 0.717) is 24.1 Å². The van der Waals surface area contributed by atoms with E-state index in [1.807, 2.05) is 0 Å². The third-order valence-electron chi connectivity index (χ3n) is 4.05. The summed E-state index contributed by atoms with van der Waals surface area (Å²) in [5.41, 5.74) is 0.324. The average molecular weight is 344 g/mol. The van der Waals surface area contributed by atoms with Crippen molar-refractivity contribution in [2.75, 3.05) is 11.9 Å². The van der Waals surface area contributed by atoms with E-state index in [2.05, 4.69) is 21.2 Å². The molecule has 6 nitrogen and oxygen atoms in total. The normalized spacial score (nSPS) is 21.9. The average Bonchev–Trinajstić information content (AvgIpc) is 3.01. The van der Waals surface area contributed by atoms with Gasteiger partial charge in [-0.15, -0.1) is 0 Å². The van der Waals surface area contributed by atoms with Crippen LogP contribution in [0.2, 0.25) is 0 Å². The van der Waals surface area contributed by atoms with Gasteiger partial charge in [-0.2, -0.15) is 0 Å². The maximum absolute atomic E-state index is 12.1. The van der Waals surface area contributed by atoms with Crippen molar-refractivity contribution in [2.45, 2.75) is 19.3 Å². The number of alkyl halides is 1. The highest BCUT2D eigenvalue weighted by Crippen LogP contribution is 2.32. The summed E-state index contributed by atoms with van der Waals surface area (Å²) in [6, 6.07) is 2.84. The summed E-state index contributed by atoms with van der Waals surface area (Å²) < 4.78 is 1.31. The van der Waals surface area contributed by atoms with Gasteiger partial charge in [0.15, 0.2) is 5.69 Å². The molecule has 1 aliphatic rings. The number of nitrogens with zero attached hydrogens (tertiary/aromatic N) is 2. The Morgan fingerprint density at radius 2 is 2.20 bits per heavy atom. The van der Waals surface area contributed by atoms with E-state index >= 15 is 0 Å². The Morgan fingerprint density at radius 1 is 1.50 bits per heavy atom. The van der Waals surface area contributed by atoms with Gasteiger partial charge in [0.2, 0.25) is 0 Å². The molecule has 0 aliphatic heterocycles. The zero-order chi connectivity index (χ0) is 14.7. The van der Waals surface area contributed by atoms with Gasteiger partial charge < -0.3 is 15.4 Å². The fourth-order valence-corrected chi connectivity index (χ4v) is 3.66. The van der Waals surface area contributed by atoms with E-state index in [0.717, 1.165) is 11.8 Å². The molecule has 1 aliphatic carbocycles. The van der Waals surface area contributed by atoms with Crippen LogP contribution in [0.15, 0.2) is 12.1 Å². The molecule has 1 saturated carbocycles. The molecule has 0 saturated heterocycles. The Hall–Kier alpha value is -1.37. The zero-order valence-electron chi connectivity index (χ0n) is 11.3. The summed E-state index contributed by atoms with van der Waals surface area (Å²) in [5.74, 6) is 0.779. The monoisotopic (exact) mass is 343 g/mol. The van der Waals surface area contributed by atoms with E-state index in [1.54, 1.807) is 0 Å². The molecule has 2 rings (SSSR count). The van der Waals surface area contributed by atoms with Crippen molar-refractivity contribution in [3.63, 3.8) is 0 Å². The summed E-state index contributed by atoms with van der Waals surface area (Å²) in [6.45, 7) is 0.633. The first-order valence-corrected chi connectivity index (χ1v) is 7.81. The number of hydrogen-bond acceptors (Lipinski definition) is 3. The summed E-state index contributed by atoms with van der Waals surface area (Å²) in [6.07, 6.45) is 3.53. The van der Waals surface area contributed by atoms with Gasteiger partial charge in [-0.3, -0.25) is 4.79 Å². The second-order valence-corrected chi connectivity index (χ2v) is 5.86. The number of hydrogen-bond donors (Lipinski definition) is 1. The molecule has 0 radical (unpaired) electrons. The first kappa shape index (κ1) is 15.0. The number of nitro groups is 1. The molecule has 1 N–H and O–H groups in total. The lowest BCUT2D eigenvalue weighted by molar-refractivity contribution is -0.391. The third-order valence-corrected chi connectivity index (χ3v) is 4.89. The van der Waals surface area contributed by atoms with Crippen LogP contribution >= 0.6 is 15.9 Å². The van der Waals surface area contributed by atoms with Crippen molar-refractivity contribution in [3.8, 4) is 0 Å². The Morgan fingerprint density at radius 3 is 2.80 bits per heavy atom. The van der Waals surface area contributed by atoms with Crippen LogP contribution in [0.4, 0.5) is 5.82 Å². The Balaban J connectivity index is 1.97. The Labute approximate surface area is 125 Å². The van der Waals surface area contributed by atoms with Crippen molar-refractivity contribution < 1.29 is 9.72 Å². The van der Waals surface area contributed by atoms with Crippen molar-refractivity contribution in [1.82, 2.24) is 9.88 Å². The van der Waals surface area contributed by atoms with Gasteiger partial charge in [-0.05, 0) is 35.7 Å². The van der Waals surface area contributed by atoms with Crippen LogP contribution in [-0.2, 0) is 7.05 Å². The second-order valence-electron chi connectivity index (χ2n) is 5.21. The van der Waals surface area contributed by atoms with E-state index < -0.39 is 4.92 Å². The van der Waals surface area contributed by atoms with Crippen molar-refractivity contribution >= 4 is 27.7 Å². The van der Waals surface area contributed by atoms with Gasteiger partial charge >= 0.3 is 5.82 Å². The van der Waals surface area contributed by atoms with Gasteiger partial charge in [0, 0.05) is 17.9 Å². The van der Waals surface area contributed by atoms with E-state index in [9.17, 15) is 14.9 Å². The predicted molar refractivity (Wildman–Crippen MR) is 79.0 cm³/mol. The molecule has 7 heteroatoms. The molecule has 0 aromatic carbocycles. The molecule has 2 atom stereocenters. The predicted octanol–water partition coefficient (Wildman–Crippen LogP) is 2.47. The molecule has 20 heavy (non-hydrogen) atoms. The fourth-order valence-electron chi connectivity index (χ4n) is 2.81. The van der Waals surface area contributed by atoms with Crippen molar-refractivity contribution in [2.24, 2.45) is 18.9 Å². The summed E-state index contributed by atoms with van der Waals surface area (Å²) >= 11 is 3.51. The highest BCUT2D eigenvalue weighted by Gasteiger charge is 2.27. The quantitative estimate of drug-likeness (QED) is 0.506. The summed E-state index contributed by atoms with van der Waals surface area (Å²) in [5, 5.41) is 14.6. The van der Waals surface area contributed by atoms with Crippen LogP contribution < -0.4 is 5.32 Å². The molecule has 1 aromatic rings. The number of carbonyl (C=O) groups excluding carboxylic acids is 1. The van der Waals surface area contributed by atoms with E-state index in [-0.39, 0.29) is 11.7 Å². The maximum atomic E-state index is 12.1. The van der Waals surface area contributed by atoms with E-state index in [4.69, 9.17) is 0 Å². The largest absolute Gasteiger partial charge is 0.358 e. The molecule has 1 aromatic heterocycles.